The molecule has 3 spiro atoms. The number of carbonyl (C=O) groups excluding carboxylic acids is 1. The van der Waals surface area contributed by atoms with Gasteiger partial charge in [-0.25, -0.2) is 0 Å². The maximum Gasteiger partial charge on any atom is 0.308 e. The molecule has 0 aromatic heterocycles. The third-order valence-electron chi connectivity index (χ3n) is 21.8. The largest absolute Gasteiger partial charge is 0.481 e. The van der Waals surface area contributed by atoms with Crippen molar-refractivity contribution in [1.82, 2.24) is 0 Å². The van der Waals surface area contributed by atoms with Gasteiger partial charge >= 0.3 is 11.9 Å². The second-order valence-electron chi connectivity index (χ2n) is 27.3. The van der Waals surface area contributed by atoms with E-state index in [9.17, 15) is 30.0 Å². The Morgan fingerprint density at radius 1 is 0.562 bits per heavy atom. The fourth-order valence-electron chi connectivity index (χ4n) is 18.0. The summed E-state index contributed by atoms with van der Waals surface area (Å²) >= 11 is 0. The van der Waals surface area contributed by atoms with Crippen LogP contribution in [-0.4, -0.2) is 202 Å². The Kier molecular flexibility index (Phi) is 13.3. The summed E-state index contributed by atoms with van der Waals surface area (Å²) in [6, 6.07) is 0. The van der Waals surface area contributed by atoms with E-state index < -0.39 is 121 Å². The third kappa shape index (κ3) is 8.84. The normalized spacial score (nSPS) is 58.7. The molecule has 4 N–H and O–H groups in total. The van der Waals surface area contributed by atoms with Crippen molar-refractivity contribution in [2.45, 2.75) is 306 Å². The molecule has 0 aromatic rings. The van der Waals surface area contributed by atoms with E-state index in [0.717, 1.165) is 24.0 Å². The first-order valence-electron chi connectivity index (χ1n) is 30.4. The predicted molar refractivity (Wildman–Crippen MR) is 271 cm³/mol. The Balaban J connectivity index is 0.666. The van der Waals surface area contributed by atoms with Crippen LogP contribution in [0.15, 0.2) is 24.3 Å². The Labute approximate surface area is 466 Å². The summed E-state index contributed by atoms with van der Waals surface area (Å²) in [6.45, 7) is 17.5. The summed E-state index contributed by atoms with van der Waals surface area (Å²) in [7, 11) is 0. The van der Waals surface area contributed by atoms with Gasteiger partial charge in [0.15, 0.2) is 17.7 Å². The molecular formula is C59H82O21. The molecule has 16 aliphatic heterocycles. The van der Waals surface area contributed by atoms with Crippen LogP contribution in [-0.2, 0) is 80.6 Å². The number of hydrogen-bond donors (Lipinski definition) is 4. The Morgan fingerprint density at radius 3 is 2.09 bits per heavy atom. The zero-order valence-corrected chi connectivity index (χ0v) is 46.3. The molecule has 80 heavy (non-hydrogen) atoms. The minimum Gasteiger partial charge on any atom is -0.481 e. The summed E-state index contributed by atoms with van der Waals surface area (Å²) in [5, 5.41) is 44.2. The summed E-state index contributed by atoms with van der Waals surface area (Å²) in [6.07, 6.45) is -5.45. The first kappa shape index (κ1) is 54.4. The number of aliphatic hydroxyl groups is 3. The standard InChI is InChI=1S/C59H82O21/c1-24-13-30-7-9-34-25(2)14-32(66-34)11-12-58-55(64)59(65)54(80-58)53-52(79-59)51(78-58)50-35(70-53)10-8-31(68-50)15-45(63)73-49-29(6)48-40(69-39(49)17-36(67-30)28(24)5)18-38-42(72-48)22-57(74-38)23-43-47(77-57)27(4)21-56(76-43)20-26(3)46-41(75-56)16-33(60)37(71-46)19-44(61)62/h24,26-27,29-43,46-55,60,64-65H,2,5,7-23H2,1,3-4,6H3,(H,61,62)/t24-,26?,27+,29+,30+,31-,32+,33-,34+,35+,36-,37-,38-,39+,40+,41+,42-,43+,46+,47+,48+,49-,50+,51+,52+,53-,54?,55+,56-,57+,58-,59+/m1/s1. The molecule has 12 bridgehead atoms. The molecule has 444 valence electrons. The molecule has 32 atom stereocenters. The number of carbonyl (C=O) groups is 2. The van der Waals surface area contributed by atoms with E-state index in [1.54, 1.807) is 0 Å². The average molecular weight is 1130 g/mol. The number of rotatable bonds is 2. The Hall–Kier alpha value is -2.26. The average Bonchev–Trinajstić information content (AvgIpc) is 4.26. The van der Waals surface area contributed by atoms with Gasteiger partial charge in [0.25, 0.3) is 0 Å². The van der Waals surface area contributed by atoms with Crippen LogP contribution in [0.1, 0.15) is 137 Å². The monoisotopic (exact) mass is 1130 g/mol. The molecule has 16 fully saturated rings. The first-order chi connectivity index (χ1) is 38.2. The first-order valence-corrected chi connectivity index (χ1v) is 30.4. The molecule has 0 saturated carbocycles. The van der Waals surface area contributed by atoms with Gasteiger partial charge in [0.2, 0.25) is 11.6 Å². The molecule has 2 unspecified atom stereocenters. The second-order valence-corrected chi connectivity index (χ2v) is 27.3. The number of aliphatic carboxylic acids is 1. The fraction of sp³-hybridized carbons (Fsp3) is 0.898. The van der Waals surface area contributed by atoms with Crippen molar-refractivity contribution in [3.05, 3.63) is 24.3 Å². The third-order valence-corrected chi connectivity index (χ3v) is 21.8. The molecule has 16 saturated heterocycles. The van der Waals surface area contributed by atoms with Gasteiger partial charge in [-0.05, 0) is 73.8 Å². The van der Waals surface area contributed by atoms with Gasteiger partial charge in [0.05, 0.1) is 117 Å². The minimum absolute atomic E-state index is 0.00631. The SMILES string of the molecule is C=C1C[C@@H]2CC[C@]34OC5[C@@H]6O[C@H]7CC[C@H](CC(=O)O[C@@H]8[C@@H](C)[C@@H]9O[C@@H]%10C[C@]%11(C[C@@H]%12O[C@]%13(CC(C)[C@@H]%14O[C@H](CC(=O)O)[C@H](O)C[C@@H]%14O%13)C[C@H](C)[C@@H]%12O%11)O[C@@H]%10C[C@@H]9O[C@H]8C[C@H]8O[C@@H](CC[C@@H]1O2)C[C@@H](C)C8=C)O[C@@H]7[C@H](O3)[C@@H]6O[C@]5(O)[C@H]4O. The van der Waals surface area contributed by atoms with E-state index in [1.807, 2.05) is 0 Å². The minimum atomic E-state index is -2.04. The molecule has 21 nitrogen and oxygen atoms in total. The highest BCUT2D eigenvalue weighted by molar-refractivity contribution is 5.70. The molecule has 0 amide bonds. The van der Waals surface area contributed by atoms with E-state index in [1.165, 1.54) is 0 Å². The van der Waals surface area contributed by atoms with Gasteiger partial charge in [-0.1, -0.05) is 40.9 Å². The van der Waals surface area contributed by atoms with Crippen molar-refractivity contribution >= 4 is 11.9 Å². The number of carboxylic acid groups (broad SMARTS) is 1. The van der Waals surface area contributed by atoms with Gasteiger partial charge < -0.3 is 91.5 Å². The van der Waals surface area contributed by atoms with Gasteiger partial charge in [0, 0.05) is 57.3 Å². The maximum atomic E-state index is 14.6. The molecule has 21 heteroatoms. The van der Waals surface area contributed by atoms with Crippen molar-refractivity contribution < 1.29 is 101 Å². The van der Waals surface area contributed by atoms with E-state index in [4.69, 9.17) is 71.1 Å². The van der Waals surface area contributed by atoms with E-state index in [2.05, 4.69) is 40.9 Å². The molecule has 0 aromatic carbocycles. The van der Waals surface area contributed by atoms with Crippen molar-refractivity contribution in [3.63, 3.8) is 0 Å². The zero-order valence-electron chi connectivity index (χ0n) is 46.3. The number of fused-ring (bicyclic) bond motifs is 10. The highest BCUT2D eigenvalue weighted by atomic mass is 16.8. The van der Waals surface area contributed by atoms with Crippen LogP contribution in [0.5, 0.6) is 0 Å². The van der Waals surface area contributed by atoms with E-state index in [0.29, 0.717) is 70.6 Å². The quantitative estimate of drug-likeness (QED) is 0.226. The maximum absolute atomic E-state index is 14.6. The number of aliphatic hydroxyl groups excluding tert-OH is 2. The molecule has 16 aliphatic rings. The fourth-order valence-corrected chi connectivity index (χ4v) is 18.0. The van der Waals surface area contributed by atoms with Crippen molar-refractivity contribution in [2.24, 2.45) is 23.7 Å². The predicted octanol–water partition coefficient (Wildman–Crippen LogP) is 3.95. The summed E-state index contributed by atoms with van der Waals surface area (Å²) in [5.74, 6) is -7.08. The van der Waals surface area contributed by atoms with Crippen LogP contribution >= 0.6 is 0 Å². The van der Waals surface area contributed by atoms with E-state index >= 15 is 0 Å². The number of carboxylic acids is 1. The summed E-state index contributed by atoms with van der Waals surface area (Å²) in [4.78, 5) is 26.1. The van der Waals surface area contributed by atoms with Gasteiger partial charge in [0.1, 0.15) is 36.6 Å². The highest BCUT2D eigenvalue weighted by Crippen LogP contribution is 2.59. The van der Waals surface area contributed by atoms with Crippen LogP contribution in [0.2, 0.25) is 0 Å². The van der Waals surface area contributed by atoms with Crippen LogP contribution in [0.25, 0.3) is 0 Å². The highest BCUT2D eigenvalue weighted by Gasteiger charge is 2.79. The molecule has 16 rings (SSSR count). The molecular weight excluding hydrogens is 1040 g/mol. The second kappa shape index (κ2) is 19.6. The number of esters is 1. The Bertz CT molecular complexity index is 2460. The molecule has 16 heterocycles. The van der Waals surface area contributed by atoms with Crippen LogP contribution in [0.3, 0.4) is 0 Å². The summed E-state index contributed by atoms with van der Waals surface area (Å²) in [5.41, 5.74) is 1.99. The molecule has 0 radical (unpaired) electrons. The number of ether oxygens (including phenoxy) is 15. The number of hydrogen-bond acceptors (Lipinski definition) is 20. The zero-order chi connectivity index (χ0) is 55.1. The van der Waals surface area contributed by atoms with E-state index in [-0.39, 0.29) is 110 Å². The van der Waals surface area contributed by atoms with Crippen molar-refractivity contribution in [3.8, 4) is 0 Å². The smallest absolute Gasteiger partial charge is 0.308 e. The topological polar surface area (TPSA) is 254 Å². The van der Waals surface area contributed by atoms with Crippen LogP contribution in [0.4, 0.5) is 0 Å². The van der Waals surface area contributed by atoms with Crippen molar-refractivity contribution in [1.29, 1.82) is 0 Å². The van der Waals surface area contributed by atoms with Crippen molar-refractivity contribution in [2.75, 3.05) is 0 Å². The van der Waals surface area contributed by atoms with Gasteiger partial charge in [-0.2, -0.15) is 0 Å². The van der Waals surface area contributed by atoms with Gasteiger partial charge in [-0.3, -0.25) is 9.59 Å². The molecule has 0 aliphatic carbocycles. The lowest BCUT2D eigenvalue weighted by molar-refractivity contribution is -0.371. The van der Waals surface area contributed by atoms with Crippen LogP contribution < -0.4 is 0 Å². The lowest BCUT2D eigenvalue weighted by atomic mass is 9.78. The van der Waals surface area contributed by atoms with Gasteiger partial charge in [-0.15, -0.1) is 0 Å². The van der Waals surface area contributed by atoms with Crippen LogP contribution in [0, 0.1) is 23.7 Å². The lowest BCUT2D eigenvalue weighted by Crippen LogP contribution is -2.63. The lowest BCUT2D eigenvalue weighted by Gasteiger charge is -2.54. The summed E-state index contributed by atoms with van der Waals surface area (Å²) < 4.78 is 102. The Morgan fingerprint density at radius 2 is 1.26 bits per heavy atom.